The van der Waals surface area contributed by atoms with Crippen LogP contribution in [0.5, 0.6) is 11.5 Å². The minimum absolute atomic E-state index is 0.269. The van der Waals surface area contributed by atoms with Crippen LogP contribution >= 0.6 is 0 Å². The van der Waals surface area contributed by atoms with Crippen molar-refractivity contribution in [2.24, 2.45) is 5.16 Å². The first-order valence-electron chi connectivity index (χ1n) is 8.94. The molecular weight excluding hydrogens is 363 g/mol. The number of amides is 1. The summed E-state index contributed by atoms with van der Waals surface area (Å²) in [6.07, 6.45) is -0.464. The number of benzene rings is 2. The first-order valence-corrected chi connectivity index (χ1v) is 8.94. The Hall–Kier alpha value is -3.09. The van der Waals surface area contributed by atoms with E-state index in [9.17, 15) is 9.18 Å². The van der Waals surface area contributed by atoms with E-state index in [1.165, 1.54) is 12.1 Å². The van der Waals surface area contributed by atoms with Gasteiger partial charge >= 0.3 is 0 Å². The van der Waals surface area contributed by atoms with Crippen LogP contribution < -0.4 is 14.8 Å². The van der Waals surface area contributed by atoms with Crippen molar-refractivity contribution in [2.45, 2.75) is 32.4 Å². The molecule has 1 heterocycles. The molecule has 3 rings (SSSR count). The standard InChI is InChI=1S/C21H23FN2O4/c1-12-8-18(26-3)19(27-4)10-16(12)13(2)23-21(25)20-11-17(24-28-20)14-6-5-7-15(22)9-14/h5-10,13,20H,11H2,1-4H3,(H,23,25)/t13-,20-/m1/s1. The number of ether oxygens (including phenoxy) is 2. The van der Waals surface area contributed by atoms with Crippen LogP contribution in [0.3, 0.4) is 0 Å². The summed E-state index contributed by atoms with van der Waals surface area (Å²) in [6, 6.07) is 9.52. The van der Waals surface area contributed by atoms with Crippen molar-refractivity contribution >= 4 is 11.6 Å². The molecule has 1 amide bonds. The summed E-state index contributed by atoms with van der Waals surface area (Å²) in [5, 5.41) is 6.89. The van der Waals surface area contributed by atoms with Gasteiger partial charge in [-0.2, -0.15) is 0 Å². The zero-order chi connectivity index (χ0) is 20.3. The maximum atomic E-state index is 13.4. The van der Waals surface area contributed by atoms with Crippen molar-refractivity contribution < 1.29 is 23.5 Å². The molecule has 6 nitrogen and oxygen atoms in total. The lowest BCUT2D eigenvalue weighted by atomic mass is 10.0. The number of methoxy groups -OCH3 is 2. The molecular formula is C21H23FN2O4. The highest BCUT2D eigenvalue weighted by Crippen LogP contribution is 2.33. The van der Waals surface area contributed by atoms with Crippen molar-refractivity contribution in [2.75, 3.05) is 14.2 Å². The van der Waals surface area contributed by atoms with Crippen LogP contribution in [0.2, 0.25) is 0 Å². The van der Waals surface area contributed by atoms with Crippen molar-refractivity contribution in [3.8, 4) is 11.5 Å². The zero-order valence-corrected chi connectivity index (χ0v) is 16.3. The predicted octanol–water partition coefficient (Wildman–Crippen LogP) is 3.52. The number of carbonyl (C=O) groups excluding carboxylic acids is 1. The van der Waals surface area contributed by atoms with E-state index in [0.29, 0.717) is 22.8 Å². The molecule has 1 N–H and O–H groups in total. The molecule has 0 aromatic heterocycles. The Morgan fingerprint density at radius 2 is 1.96 bits per heavy atom. The van der Waals surface area contributed by atoms with Gasteiger partial charge < -0.3 is 19.6 Å². The molecule has 0 fully saturated rings. The number of aryl methyl sites for hydroxylation is 1. The normalized spacial score (nSPS) is 16.8. The summed E-state index contributed by atoms with van der Waals surface area (Å²) in [7, 11) is 3.15. The van der Waals surface area contributed by atoms with Gasteiger partial charge in [-0.15, -0.1) is 0 Å². The second-order valence-corrected chi connectivity index (χ2v) is 6.64. The number of rotatable bonds is 6. The fraction of sp³-hybridized carbons (Fsp3) is 0.333. The molecule has 0 radical (unpaired) electrons. The van der Waals surface area contributed by atoms with Gasteiger partial charge in [0.2, 0.25) is 6.10 Å². The summed E-state index contributed by atoms with van der Waals surface area (Å²) in [4.78, 5) is 17.9. The molecule has 0 saturated carbocycles. The molecule has 148 valence electrons. The van der Waals surface area contributed by atoms with Crippen LogP contribution in [0.4, 0.5) is 4.39 Å². The first kappa shape index (κ1) is 19.7. The molecule has 7 heteroatoms. The Morgan fingerprint density at radius 1 is 1.25 bits per heavy atom. The average Bonchev–Trinajstić information content (AvgIpc) is 3.18. The van der Waals surface area contributed by atoms with E-state index in [-0.39, 0.29) is 24.2 Å². The molecule has 0 spiro atoms. The molecule has 2 aromatic carbocycles. The number of nitrogens with one attached hydrogen (secondary N) is 1. The molecule has 2 atom stereocenters. The monoisotopic (exact) mass is 386 g/mol. The zero-order valence-electron chi connectivity index (χ0n) is 16.3. The maximum absolute atomic E-state index is 13.4. The summed E-state index contributed by atoms with van der Waals surface area (Å²) in [5.74, 6) is 0.593. The van der Waals surface area contributed by atoms with Crippen LogP contribution in [0.25, 0.3) is 0 Å². The molecule has 28 heavy (non-hydrogen) atoms. The van der Waals surface area contributed by atoms with E-state index in [0.717, 1.165) is 11.1 Å². The van der Waals surface area contributed by atoms with E-state index < -0.39 is 6.10 Å². The SMILES string of the molecule is COc1cc(C)c([C@@H](C)NC(=O)[C@H]2CC(c3cccc(F)c3)=NO2)cc1OC. The van der Waals surface area contributed by atoms with Crippen LogP contribution in [0, 0.1) is 12.7 Å². The second kappa shape index (κ2) is 8.29. The van der Waals surface area contributed by atoms with Crippen LogP contribution in [-0.4, -0.2) is 31.9 Å². The Bertz CT molecular complexity index is 913. The van der Waals surface area contributed by atoms with Gasteiger partial charge in [-0.05, 0) is 49.2 Å². The van der Waals surface area contributed by atoms with Crippen LogP contribution in [0.15, 0.2) is 41.6 Å². The molecule has 1 aliphatic rings. The first-order chi connectivity index (χ1) is 13.4. The summed E-state index contributed by atoms with van der Waals surface area (Å²) in [5.41, 5.74) is 3.04. The van der Waals surface area contributed by atoms with Crippen molar-refractivity contribution in [1.29, 1.82) is 0 Å². The molecule has 0 saturated heterocycles. The topological polar surface area (TPSA) is 69.2 Å². The highest BCUT2D eigenvalue weighted by Gasteiger charge is 2.30. The van der Waals surface area contributed by atoms with Crippen molar-refractivity contribution in [3.05, 3.63) is 58.9 Å². The van der Waals surface area contributed by atoms with Crippen LogP contribution in [-0.2, 0) is 9.63 Å². The smallest absolute Gasteiger partial charge is 0.264 e. The quantitative estimate of drug-likeness (QED) is 0.825. The number of hydrogen-bond donors (Lipinski definition) is 1. The third-order valence-corrected chi connectivity index (χ3v) is 4.72. The second-order valence-electron chi connectivity index (χ2n) is 6.64. The van der Waals surface area contributed by atoms with Gasteiger partial charge in [0.25, 0.3) is 5.91 Å². The predicted molar refractivity (Wildman–Crippen MR) is 103 cm³/mol. The highest BCUT2D eigenvalue weighted by atomic mass is 19.1. The molecule has 2 aromatic rings. The van der Waals surface area contributed by atoms with E-state index in [1.54, 1.807) is 26.4 Å². The van der Waals surface area contributed by atoms with Gasteiger partial charge in [0.1, 0.15) is 5.82 Å². The lowest BCUT2D eigenvalue weighted by molar-refractivity contribution is -0.131. The molecule has 1 aliphatic heterocycles. The lowest BCUT2D eigenvalue weighted by Crippen LogP contribution is -2.36. The number of carbonyl (C=O) groups is 1. The van der Waals surface area contributed by atoms with E-state index in [1.807, 2.05) is 26.0 Å². The van der Waals surface area contributed by atoms with Gasteiger partial charge in [0.05, 0.1) is 26.0 Å². The average molecular weight is 386 g/mol. The molecule has 0 aliphatic carbocycles. The van der Waals surface area contributed by atoms with Gasteiger partial charge in [-0.3, -0.25) is 4.79 Å². The number of nitrogens with zero attached hydrogens (tertiary/aromatic N) is 1. The van der Waals surface area contributed by atoms with E-state index in [4.69, 9.17) is 14.3 Å². The maximum Gasteiger partial charge on any atom is 0.264 e. The largest absolute Gasteiger partial charge is 0.493 e. The van der Waals surface area contributed by atoms with Crippen molar-refractivity contribution in [1.82, 2.24) is 5.32 Å². The van der Waals surface area contributed by atoms with Crippen molar-refractivity contribution in [3.63, 3.8) is 0 Å². The summed E-state index contributed by atoms with van der Waals surface area (Å²) in [6.45, 7) is 3.83. The Balaban J connectivity index is 1.67. The molecule has 0 unspecified atom stereocenters. The number of halogens is 1. The summed E-state index contributed by atoms with van der Waals surface area (Å²) < 4.78 is 24.0. The van der Waals surface area contributed by atoms with Gasteiger partial charge in [-0.25, -0.2) is 4.39 Å². The number of oxime groups is 1. The van der Waals surface area contributed by atoms with Crippen LogP contribution in [0.1, 0.15) is 36.1 Å². The fourth-order valence-electron chi connectivity index (χ4n) is 3.20. The minimum Gasteiger partial charge on any atom is -0.493 e. The third kappa shape index (κ3) is 4.08. The molecule has 0 bridgehead atoms. The van der Waals surface area contributed by atoms with E-state index >= 15 is 0 Å². The van der Waals surface area contributed by atoms with Gasteiger partial charge in [0, 0.05) is 12.0 Å². The number of hydrogen-bond acceptors (Lipinski definition) is 5. The summed E-state index contributed by atoms with van der Waals surface area (Å²) >= 11 is 0. The Morgan fingerprint density at radius 3 is 2.64 bits per heavy atom. The van der Waals surface area contributed by atoms with Gasteiger partial charge in [0.15, 0.2) is 11.5 Å². The lowest BCUT2D eigenvalue weighted by Gasteiger charge is -2.20. The Kier molecular flexibility index (Phi) is 5.82. The Labute approximate surface area is 163 Å². The van der Waals surface area contributed by atoms with E-state index in [2.05, 4.69) is 10.5 Å². The highest BCUT2D eigenvalue weighted by molar-refractivity contribution is 6.04. The third-order valence-electron chi connectivity index (χ3n) is 4.72. The van der Waals surface area contributed by atoms with Gasteiger partial charge in [-0.1, -0.05) is 17.3 Å². The fourth-order valence-corrected chi connectivity index (χ4v) is 3.20. The minimum atomic E-state index is -0.749.